The fourth-order valence-electron chi connectivity index (χ4n) is 1.64. The molecule has 0 saturated carbocycles. The Balaban J connectivity index is 2.79. The SMILES string of the molecule is CC(C)(C)c1ccc(C(=O)O)c2nsnc12. The highest BCUT2D eigenvalue weighted by atomic mass is 32.1. The lowest BCUT2D eigenvalue weighted by atomic mass is 9.85. The highest BCUT2D eigenvalue weighted by Crippen LogP contribution is 2.30. The first-order chi connectivity index (χ1) is 7.41. The Kier molecular flexibility index (Phi) is 2.42. The van der Waals surface area contributed by atoms with E-state index in [2.05, 4.69) is 29.5 Å². The fraction of sp³-hybridized carbons (Fsp3) is 0.364. The van der Waals surface area contributed by atoms with Gasteiger partial charge in [-0.25, -0.2) is 4.79 Å². The number of benzene rings is 1. The van der Waals surface area contributed by atoms with Crippen molar-refractivity contribution in [1.29, 1.82) is 0 Å². The lowest BCUT2D eigenvalue weighted by molar-refractivity contribution is 0.0699. The third-order valence-corrected chi connectivity index (χ3v) is 2.98. The van der Waals surface area contributed by atoms with E-state index >= 15 is 0 Å². The smallest absolute Gasteiger partial charge is 0.338 e. The molecule has 0 bridgehead atoms. The quantitative estimate of drug-likeness (QED) is 0.826. The lowest BCUT2D eigenvalue weighted by Crippen LogP contribution is -2.12. The number of hydrogen-bond donors (Lipinski definition) is 1. The third kappa shape index (κ3) is 1.67. The average molecular weight is 236 g/mol. The van der Waals surface area contributed by atoms with Crippen molar-refractivity contribution in [3.8, 4) is 0 Å². The molecule has 0 saturated heterocycles. The zero-order chi connectivity index (χ0) is 11.9. The van der Waals surface area contributed by atoms with Crippen LogP contribution in [0, 0.1) is 0 Å². The van der Waals surface area contributed by atoms with Gasteiger partial charge in [0, 0.05) is 0 Å². The molecule has 84 valence electrons. The van der Waals surface area contributed by atoms with Gasteiger partial charge in [-0.2, -0.15) is 8.75 Å². The third-order valence-electron chi connectivity index (χ3n) is 2.45. The topological polar surface area (TPSA) is 63.1 Å². The first kappa shape index (κ1) is 11.0. The van der Waals surface area contributed by atoms with E-state index in [0.717, 1.165) is 17.3 Å². The highest BCUT2D eigenvalue weighted by molar-refractivity contribution is 7.00. The molecule has 1 heterocycles. The second kappa shape index (κ2) is 3.52. The van der Waals surface area contributed by atoms with E-state index in [1.807, 2.05) is 6.07 Å². The number of hydrogen-bond acceptors (Lipinski definition) is 4. The van der Waals surface area contributed by atoms with E-state index in [1.165, 1.54) is 0 Å². The summed E-state index contributed by atoms with van der Waals surface area (Å²) in [6.07, 6.45) is 0. The van der Waals surface area contributed by atoms with Gasteiger partial charge in [0.15, 0.2) is 0 Å². The monoisotopic (exact) mass is 236 g/mol. The Morgan fingerprint density at radius 1 is 1.25 bits per heavy atom. The molecule has 0 aliphatic heterocycles. The van der Waals surface area contributed by atoms with Crippen LogP contribution >= 0.6 is 11.7 Å². The summed E-state index contributed by atoms with van der Waals surface area (Å²) in [5.74, 6) is -0.960. The molecule has 0 atom stereocenters. The van der Waals surface area contributed by atoms with E-state index in [0.29, 0.717) is 11.0 Å². The molecule has 2 aromatic rings. The number of rotatable bonds is 1. The molecule has 4 nitrogen and oxygen atoms in total. The van der Waals surface area contributed by atoms with Gasteiger partial charge in [0.2, 0.25) is 0 Å². The number of aromatic carboxylic acids is 1. The average Bonchev–Trinajstić information content (AvgIpc) is 2.61. The predicted molar refractivity (Wildman–Crippen MR) is 63.1 cm³/mol. The summed E-state index contributed by atoms with van der Waals surface area (Å²) in [5.41, 5.74) is 2.38. The first-order valence-corrected chi connectivity index (χ1v) is 5.63. The summed E-state index contributed by atoms with van der Waals surface area (Å²) in [6.45, 7) is 6.21. The van der Waals surface area contributed by atoms with Crippen LogP contribution in [0.1, 0.15) is 36.7 Å². The van der Waals surface area contributed by atoms with Crippen molar-refractivity contribution in [2.45, 2.75) is 26.2 Å². The summed E-state index contributed by atoms with van der Waals surface area (Å²) in [5, 5.41) is 9.03. The van der Waals surface area contributed by atoms with Crippen LogP contribution in [-0.2, 0) is 5.41 Å². The molecule has 16 heavy (non-hydrogen) atoms. The zero-order valence-corrected chi connectivity index (χ0v) is 10.1. The van der Waals surface area contributed by atoms with Gasteiger partial charge in [0.25, 0.3) is 0 Å². The molecule has 0 aliphatic carbocycles. The normalized spacial score (nSPS) is 11.9. The van der Waals surface area contributed by atoms with Crippen molar-refractivity contribution in [1.82, 2.24) is 8.75 Å². The highest BCUT2D eigenvalue weighted by Gasteiger charge is 2.22. The minimum atomic E-state index is -0.960. The van der Waals surface area contributed by atoms with Crippen LogP contribution < -0.4 is 0 Å². The molecule has 0 fully saturated rings. The maximum Gasteiger partial charge on any atom is 0.338 e. The number of carboxylic acids is 1. The van der Waals surface area contributed by atoms with Gasteiger partial charge in [-0.3, -0.25) is 0 Å². The number of carboxylic acid groups (broad SMARTS) is 1. The van der Waals surface area contributed by atoms with E-state index in [1.54, 1.807) is 6.07 Å². The molecule has 1 aromatic carbocycles. The largest absolute Gasteiger partial charge is 0.478 e. The van der Waals surface area contributed by atoms with Gasteiger partial charge in [-0.15, -0.1) is 0 Å². The Morgan fingerprint density at radius 2 is 1.88 bits per heavy atom. The summed E-state index contributed by atoms with van der Waals surface area (Å²) < 4.78 is 8.26. The number of fused-ring (bicyclic) bond motifs is 1. The van der Waals surface area contributed by atoms with E-state index < -0.39 is 5.97 Å². The molecular weight excluding hydrogens is 224 g/mol. The van der Waals surface area contributed by atoms with E-state index in [9.17, 15) is 4.79 Å². The fourth-order valence-corrected chi connectivity index (χ4v) is 2.22. The van der Waals surface area contributed by atoms with Gasteiger partial charge >= 0.3 is 5.97 Å². The predicted octanol–water partition coefficient (Wildman–Crippen LogP) is 2.69. The van der Waals surface area contributed by atoms with Crippen LogP contribution in [0.4, 0.5) is 0 Å². The summed E-state index contributed by atoms with van der Waals surface area (Å²) in [7, 11) is 0. The van der Waals surface area contributed by atoms with Crippen molar-refractivity contribution in [3.63, 3.8) is 0 Å². The van der Waals surface area contributed by atoms with Crippen molar-refractivity contribution in [3.05, 3.63) is 23.3 Å². The minimum Gasteiger partial charge on any atom is -0.478 e. The summed E-state index contributed by atoms with van der Waals surface area (Å²) in [6, 6.07) is 3.43. The van der Waals surface area contributed by atoms with Crippen LogP contribution in [0.5, 0.6) is 0 Å². The molecular formula is C11H12N2O2S. The molecule has 0 unspecified atom stereocenters. The Hall–Kier alpha value is -1.49. The second-order valence-electron chi connectivity index (χ2n) is 4.68. The van der Waals surface area contributed by atoms with Crippen LogP contribution in [0.15, 0.2) is 12.1 Å². The minimum absolute atomic E-state index is 0.0644. The van der Waals surface area contributed by atoms with Crippen molar-refractivity contribution in [2.75, 3.05) is 0 Å². The number of carbonyl (C=O) groups is 1. The van der Waals surface area contributed by atoms with Crippen molar-refractivity contribution >= 4 is 28.7 Å². The van der Waals surface area contributed by atoms with Crippen molar-refractivity contribution in [2.24, 2.45) is 0 Å². The van der Waals surface area contributed by atoms with E-state index in [-0.39, 0.29) is 11.0 Å². The second-order valence-corrected chi connectivity index (χ2v) is 5.21. The maximum absolute atomic E-state index is 11.0. The van der Waals surface area contributed by atoms with Crippen LogP contribution in [0.2, 0.25) is 0 Å². The van der Waals surface area contributed by atoms with Gasteiger partial charge in [-0.1, -0.05) is 26.8 Å². The molecule has 0 aliphatic rings. The molecule has 0 amide bonds. The molecule has 2 rings (SSSR count). The van der Waals surface area contributed by atoms with Gasteiger partial charge in [-0.05, 0) is 17.0 Å². The molecule has 5 heteroatoms. The molecule has 1 aromatic heterocycles. The Morgan fingerprint density at radius 3 is 2.44 bits per heavy atom. The van der Waals surface area contributed by atoms with Gasteiger partial charge in [0.1, 0.15) is 11.0 Å². The van der Waals surface area contributed by atoms with Crippen LogP contribution in [-0.4, -0.2) is 19.8 Å². The molecule has 0 spiro atoms. The van der Waals surface area contributed by atoms with Crippen LogP contribution in [0.25, 0.3) is 11.0 Å². The first-order valence-electron chi connectivity index (χ1n) is 4.90. The lowest BCUT2D eigenvalue weighted by Gasteiger charge is -2.19. The van der Waals surface area contributed by atoms with Crippen molar-refractivity contribution < 1.29 is 9.90 Å². The summed E-state index contributed by atoms with van der Waals surface area (Å²) in [4.78, 5) is 11.0. The Labute approximate surface area is 97.3 Å². The van der Waals surface area contributed by atoms with Crippen LogP contribution in [0.3, 0.4) is 0 Å². The van der Waals surface area contributed by atoms with Gasteiger partial charge < -0.3 is 5.11 Å². The maximum atomic E-state index is 11.0. The Bertz CT molecular complexity index is 555. The number of aromatic nitrogens is 2. The zero-order valence-electron chi connectivity index (χ0n) is 9.31. The summed E-state index contributed by atoms with van der Waals surface area (Å²) >= 11 is 1.05. The van der Waals surface area contributed by atoms with Gasteiger partial charge in [0.05, 0.1) is 17.3 Å². The standard InChI is InChI=1S/C11H12N2O2S/c1-11(2,3)7-5-4-6(10(14)15)8-9(7)13-16-12-8/h4-5H,1-3H3,(H,14,15). The molecule has 1 N–H and O–H groups in total. The molecule has 0 radical (unpaired) electrons. The number of nitrogens with zero attached hydrogens (tertiary/aromatic N) is 2. The van der Waals surface area contributed by atoms with E-state index in [4.69, 9.17) is 5.11 Å².